The van der Waals surface area contributed by atoms with Crippen LogP contribution in [0.4, 0.5) is 10.3 Å². The summed E-state index contributed by atoms with van der Waals surface area (Å²) in [5, 5.41) is 46.5. The molecule has 42 heavy (non-hydrogen) atoms. The Morgan fingerprint density at radius 2 is 1.17 bits per heavy atom. The number of amides is 2. The van der Waals surface area contributed by atoms with Crippen molar-refractivity contribution in [2.24, 2.45) is 0 Å². The number of nitrogens with two attached hydrogens (primary N) is 2. The van der Waals surface area contributed by atoms with E-state index in [1.165, 1.54) is 22.7 Å². The zero-order chi connectivity index (χ0) is 30.8. The van der Waals surface area contributed by atoms with Gasteiger partial charge in [-0.25, -0.2) is 9.97 Å². The molecule has 0 aliphatic carbocycles. The van der Waals surface area contributed by atoms with Gasteiger partial charge in [0.25, 0.3) is 0 Å². The molecule has 2 amide bonds. The van der Waals surface area contributed by atoms with Crippen LogP contribution in [0.2, 0.25) is 0 Å². The van der Waals surface area contributed by atoms with Gasteiger partial charge in [0.2, 0.25) is 11.8 Å². The molecule has 2 aliphatic rings. The molecule has 0 unspecified atom stereocenters. The minimum atomic E-state index is -1.20. The number of thiazole rings is 2. The van der Waals surface area contributed by atoms with Gasteiger partial charge in [-0.05, 0) is 25.7 Å². The quantitative estimate of drug-likeness (QED) is 0.145. The fourth-order valence-electron chi connectivity index (χ4n) is 4.37. The van der Waals surface area contributed by atoms with E-state index in [0.29, 0.717) is 47.3 Å². The van der Waals surface area contributed by atoms with Gasteiger partial charge in [-0.1, -0.05) is 0 Å². The molecular formula is C22H32B2N6O10S2. The summed E-state index contributed by atoms with van der Waals surface area (Å²) in [5.74, 6) is -3.61. The van der Waals surface area contributed by atoms with Crippen LogP contribution in [0.3, 0.4) is 0 Å². The van der Waals surface area contributed by atoms with Crippen molar-refractivity contribution in [3.63, 3.8) is 0 Å². The predicted octanol–water partition coefficient (Wildman–Crippen LogP) is -1.15. The van der Waals surface area contributed by atoms with Crippen molar-refractivity contribution in [2.75, 3.05) is 11.5 Å². The number of anilines is 2. The van der Waals surface area contributed by atoms with Crippen molar-refractivity contribution in [1.29, 1.82) is 0 Å². The molecule has 0 saturated carbocycles. The highest BCUT2D eigenvalue weighted by atomic mass is 32.1. The van der Waals surface area contributed by atoms with E-state index in [9.17, 15) is 29.2 Å². The summed E-state index contributed by atoms with van der Waals surface area (Å²) in [7, 11) is -2.40. The summed E-state index contributed by atoms with van der Waals surface area (Å²) in [6.07, 6.45) is 0.661. The summed E-state index contributed by atoms with van der Waals surface area (Å²) in [5.41, 5.74) is 12.1. The van der Waals surface area contributed by atoms with E-state index >= 15 is 0 Å². The van der Waals surface area contributed by atoms with E-state index in [4.69, 9.17) is 31.0 Å². The third kappa shape index (κ3) is 11.2. The molecule has 4 atom stereocenters. The molecule has 16 nitrogen and oxygen atoms in total. The Kier molecular flexibility index (Phi) is 12.5. The molecular weight excluding hydrogens is 594 g/mol. The Labute approximate surface area is 249 Å². The van der Waals surface area contributed by atoms with E-state index in [0.717, 1.165) is 0 Å². The average molecular weight is 626 g/mol. The maximum atomic E-state index is 11.8. The van der Waals surface area contributed by atoms with Crippen LogP contribution in [0.1, 0.15) is 49.9 Å². The number of hydrogen-bond donors (Lipinski definition) is 8. The van der Waals surface area contributed by atoms with E-state index in [-0.39, 0.29) is 37.5 Å². The van der Waals surface area contributed by atoms with Gasteiger partial charge in [0.15, 0.2) is 10.3 Å². The molecule has 228 valence electrons. The molecule has 2 saturated heterocycles. The lowest BCUT2D eigenvalue weighted by Crippen LogP contribution is -2.53. The third-order valence-electron chi connectivity index (χ3n) is 6.27. The van der Waals surface area contributed by atoms with Gasteiger partial charge in [0.1, 0.15) is 0 Å². The highest BCUT2D eigenvalue weighted by molar-refractivity contribution is 7.13. The highest BCUT2D eigenvalue weighted by Crippen LogP contribution is 2.20. The summed E-state index contributed by atoms with van der Waals surface area (Å²) < 4.78 is 10.4. The Morgan fingerprint density at radius 3 is 1.45 bits per heavy atom. The Hall–Kier alpha value is -3.29. The summed E-state index contributed by atoms with van der Waals surface area (Å²) in [6, 6.07) is 0. The van der Waals surface area contributed by atoms with E-state index in [1.807, 2.05) is 0 Å². The van der Waals surface area contributed by atoms with Crippen LogP contribution in [0.15, 0.2) is 10.8 Å². The molecule has 2 aliphatic heterocycles. The van der Waals surface area contributed by atoms with Crippen LogP contribution < -0.4 is 22.1 Å². The number of hydrogen-bond acceptors (Lipinski definition) is 14. The molecule has 0 bridgehead atoms. The number of rotatable bonds is 10. The van der Waals surface area contributed by atoms with Crippen LogP contribution in [-0.4, -0.2) is 92.3 Å². The number of nitrogens with one attached hydrogen (secondary N) is 2. The molecule has 0 aromatic carbocycles. The number of carbonyl (C=O) groups excluding carboxylic acids is 2. The second-order valence-electron chi connectivity index (χ2n) is 9.70. The van der Waals surface area contributed by atoms with Crippen molar-refractivity contribution in [1.82, 2.24) is 20.6 Å². The minimum absolute atomic E-state index is 0.0788. The van der Waals surface area contributed by atoms with E-state index in [2.05, 4.69) is 20.6 Å². The second kappa shape index (κ2) is 15.8. The summed E-state index contributed by atoms with van der Waals surface area (Å²) in [4.78, 5) is 52.8. The van der Waals surface area contributed by atoms with Gasteiger partial charge in [-0.3, -0.25) is 19.2 Å². The molecule has 2 fully saturated rings. The van der Waals surface area contributed by atoms with E-state index in [1.54, 1.807) is 10.8 Å². The zero-order valence-corrected chi connectivity index (χ0v) is 24.0. The van der Waals surface area contributed by atoms with Crippen molar-refractivity contribution < 1.29 is 48.7 Å². The lowest BCUT2D eigenvalue weighted by Gasteiger charge is -2.30. The molecule has 2 aromatic heterocycles. The topological polar surface area (TPSA) is 270 Å². The molecule has 0 spiro atoms. The van der Waals surface area contributed by atoms with Crippen LogP contribution in [0.25, 0.3) is 0 Å². The number of carboxylic acid groups (broad SMARTS) is 2. The number of carboxylic acids is 2. The number of nitrogens with zero attached hydrogens (tertiary/aromatic N) is 2. The van der Waals surface area contributed by atoms with Gasteiger partial charge in [-0.2, -0.15) is 0 Å². The van der Waals surface area contributed by atoms with Crippen LogP contribution >= 0.6 is 22.7 Å². The second-order valence-corrected chi connectivity index (χ2v) is 11.5. The van der Waals surface area contributed by atoms with E-state index < -0.39 is 50.3 Å². The fourth-order valence-corrected chi connectivity index (χ4v) is 5.49. The standard InChI is InChI=1S/2C11H16BN3O5S/c2*13-11-14-6(5-21-11)3-9(16)15-8-2-1-7(4-10(17)18)20-12(8)19/h2*5,7-8,19H,1-4H2,(H2,13,14)(H,15,16)(H,17,18)/t2*7-,8-/m00/s1. The van der Waals surface area contributed by atoms with Crippen LogP contribution in [0.5, 0.6) is 0 Å². The number of aromatic nitrogens is 2. The first-order valence-electron chi connectivity index (χ1n) is 13.0. The fraction of sp³-hybridized carbons (Fsp3) is 0.545. The van der Waals surface area contributed by atoms with Crippen molar-refractivity contribution >= 4 is 70.9 Å². The van der Waals surface area contributed by atoms with Crippen molar-refractivity contribution in [3.05, 3.63) is 22.1 Å². The molecule has 0 radical (unpaired) electrons. The molecule has 20 heteroatoms. The van der Waals surface area contributed by atoms with Gasteiger partial charge < -0.3 is 51.7 Å². The van der Waals surface area contributed by atoms with Crippen LogP contribution in [0, 0.1) is 0 Å². The third-order valence-corrected chi connectivity index (χ3v) is 7.72. The van der Waals surface area contributed by atoms with Gasteiger partial charge in [0, 0.05) is 10.8 Å². The number of aliphatic carboxylic acids is 2. The Balaban J connectivity index is 0.000000230. The number of nitrogen functional groups attached to an aromatic ring is 2. The number of carbonyl (C=O) groups is 4. The first-order valence-corrected chi connectivity index (χ1v) is 14.7. The smallest absolute Gasteiger partial charge is 0.478 e. The maximum Gasteiger partial charge on any atom is 0.478 e. The van der Waals surface area contributed by atoms with Crippen molar-refractivity contribution in [2.45, 2.75) is 75.5 Å². The van der Waals surface area contributed by atoms with Crippen molar-refractivity contribution in [3.8, 4) is 0 Å². The lowest BCUT2D eigenvalue weighted by atomic mass is 9.72. The predicted molar refractivity (Wildman–Crippen MR) is 153 cm³/mol. The van der Waals surface area contributed by atoms with Gasteiger partial charge in [0.05, 0.1) is 61.2 Å². The summed E-state index contributed by atoms with van der Waals surface area (Å²) >= 11 is 2.51. The molecule has 4 rings (SSSR count). The monoisotopic (exact) mass is 626 g/mol. The Morgan fingerprint density at radius 1 is 0.786 bits per heavy atom. The first kappa shape index (κ1) is 33.2. The maximum absolute atomic E-state index is 11.8. The molecule has 10 N–H and O–H groups in total. The average Bonchev–Trinajstić information content (AvgIpc) is 3.49. The lowest BCUT2D eigenvalue weighted by molar-refractivity contribution is -0.140. The van der Waals surface area contributed by atoms with Gasteiger partial charge in [-0.15, -0.1) is 22.7 Å². The van der Waals surface area contributed by atoms with Crippen LogP contribution in [-0.2, 0) is 41.3 Å². The molecule has 4 heterocycles. The minimum Gasteiger partial charge on any atom is -0.481 e. The Bertz CT molecular complexity index is 1140. The first-order chi connectivity index (χ1) is 19.9. The highest BCUT2D eigenvalue weighted by Gasteiger charge is 2.37. The summed E-state index contributed by atoms with van der Waals surface area (Å²) in [6.45, 7) is 0. The molecule has 2 aromatic rings. The normalized spacial score (nSPS) is 22.0. The zero-order valence-electron chi connectivity index (χ0n) is 22.4. The van der Waals surface area contributed by atoms with Gasteiger partial charge >= 0.3 is 26.2 Å². The largest absolute Gasteiger partial charge is 0.481 e. The SMILES string of the molecule is Nc1nc(CC(=O)N[C@H]2CC[C@@H](CC(=O)O)OB2O)cs1.Nc1nc(CC(=O)N[C@H]2CC[C@@H](CC(=O)O)OB2O)cs1.